The lowest BCUT2D eigenvalue weighted by Crippen LogP contribution is -2.55. The lowest BCUT2D eigenvalue weighted by atomic mass is 9.93. The minimum atomic E-state index is -0.646. The second-order valence-corrected chi connectivity index (χ2v) is 16.2. The summed E-state index contributed by atoms with van der Waals surface area (Å²) >= 11 is 0.949. The first kappa shape index (κ1) is 34.0. The maximum absolute atomic E-state index is 17.5. The van der Waals surface area contributed by atoms with E-state index in [4.69, 9.17) is 29.9 Å². The second-order valence-electron chi connectivity index (χ2n) is 15.2. The number of β-amino-alcohol motifs (C(OH)–C–C–N with tert-alkyl or cyclic N) is 1. The number of hydrogen-bond donors (Lipinski definition) is 2. The van der Waals surface area contributed by atoms with Crippen LogP contribution in [0, 0.1) is 28.4 Å². The summed E-state index contributed by atoms with van der Waals surface area (Å²) in [5.41, 5.74) is 7.88. The maximum atomic E-state index is 17.5. The van der Waals surface area contributed by atoms with Crippen LogP contribution in [-0.2, 0) is 22.7 Å². The Bertz CT molecular complexity index is 2080. The SMILES string of the molecule is C[C@@H](O)CN1CC2CCC(C1)N2c1nc(OCC2(CN3CCCOCC3)CC2)nc2c(F)c(-c3ncc(F)c4sc(N)c(C#N)c34)c3c(c12)COC3. The number of piperazine rings is 1. The Balaban J connectivity index is 1.18. The van der Waals surface area contributed by atoms with E-state index in [-0.39, 0.29) is 74.1 Å². The first-order chi connectivity index (χ1) is 25.2. The molecule has 52 heavy (non-hydrogen) atoms. The van der Waals surface area contributed by atoms with Gasteiger partial charge in [0.15, 0.2) is 11.6 Å². The van der Waals surface area contributed by atoms with E-state index in [1.165, 1.54) is 0 Å². The quantitative estimate of drug-likeness (QED) is 0.248. The van der Waals surface area contributed by atoms with Crippen molar-refractivity contribution < 1.29 is 28.1 Å². The number of likely N-dealkylation sites (tertiary alicyclic amines) is 1. The number of nitrogen functional groups attached to an aromatic ring is 1. The molecule has 0 amide bonds. The van der Waals surface area contributed by atoms with Crippen molar-refractivity contribution in [2.75, 3.05) is 69.7 Å². The zero-order valence-electron chi connectivity index (χ0n) is 29.2. The number of anilines is 2. The van der Waals surface area contributed by atoms with Crippen molar-refractivity contribution in [2.24, 2.45) is 5.41 Å². The van der Waals surface area contributed by atoms with E-state index in [1.807, 2.05) is 0 Å². The smallest absolute Gasteiger partial charge is 0.319 e. The first-order valence-corrected chi connectivity index (χ1v) is 19.1. The molecule has 3 atom stereocenters. The highest BCUT2D eigenvalue weighted by Gasteiger charge is 2.46. The monoisotopic (exact) mass is 732 g/mol. The summed E-state index contributed by atoms with van der Waals surface area (Å²) in [6.45, 7) is 8.88. The van der Waals surface area contributed by atoms with Gasteiger partial charge in [-0.2, -0.15) is 15.2 Å². The fraction of sp³-hybridized carbons (Fsp3) is 0.568. The number of pyridine rings is 1. The van der Waals surface area contributed by atoms with Crippen molar-refractivity contribution in [2.45, 2.75) is 70.4 Å². The summed E-state index contributed by atoms with van der Waals surface area (Å²) in [6.07, 6.45) is 5.55. The molecule has 1 aliphatic carbocycles. The minimum absolute atomic E-state index is 0.0276. The number of nitrogens with zero attached hydrogens (tertiary/aromatic N) is 7. The van der Waals surface area contributed by atoms with Crippen LogP contribution < -0.4 is 15.4 Å². The highest BCUT2D eigenvalue weighted by molar-refractivity contribution is 7.23. The molecule has 1 saturated carbocycles. The highest BCUT2D eigenvalue weighted by atomic mass is 32.1. The van der Waals surface area contributed by atoms with Gasteiger partial charge in [-0.25, -0.2) is 8.78 Å². The van der Waals surface area contributed by atoms with Crippen LogP contribution in [0.1, 0.15) is 55.7 Å². The van der Waals surface area contributed by atoms with Gasteiger partial charge in [-0.1, -0.05) is 0 Å². The van der Waals surface area contributed by atoms with E-state index < -0.39 is 17.7 Å². The lowest BCUT2D eigenvalue weighted by molar-refractivity contribution is 0.111. The number of aromatic nitrogens is 3. The van der Waals surface area contributed by atoms with Crippen LogP contribution in [0.25, 0.3) is 32.2 Å². The summed E-state index contributed by atoms with van der Waals surface area (Å²) in [6, 6.07) is 2.41. The molecular formula is C37H42F2N8O4S. The van der Waals surface area contributed by atoms with Crippen LogP contribution in [0.3, 0.4) is 0 Å². The Morgan fingerprint density at radius 2 is 1.88 bits per heavy atom. The van der Waals surface area contributed by atoms with Gasteiger partial charge in [0.05, 0.1) is 60.1 Å². The molecule has 12 nitrogen and oxygen atoms in total. The fourth-order valence-electron chi connectivity index (χ4n) is 8.91. The predicted octanol–water partition coefficient (Wildman–Crippen LogP) is 4.58. The van der Waals surface area contributed by atoms with Gasteiger partial charge in [0.1, 0.15) is 22.4 Å². The Hall–Kier alpha value is -3.78. The van der Waals surface area contributed by atoms with Crippen molar-refractivity contribution >= 4 is 43.1 Å². The number of aliphatic hydroxyl groups is 1. The number of fused-ring (bicyclic) bond motifs is 6. The zero-order valence-corrected chi connectivity index (χ0v) is 30.0. The summed E-state index contributed by atoms with van der Waals surface area (Å²) in [5.74, 6) is -0.647. The van der Waals surface area contributed by atoms with Crippen molar-refractivity contribution in [1.82, 2.24) is 24.8 Å². The molecule has 4 fully saturated rings. The van der Waals surface area contributed by atoms with Gasteiger partial charge in [0.25, 0.3) is 0 Å². The number of halogens is 2. The zero-order chi connectivity index (χ0) is 35.7. The predicted molar refractivity (Wildman–Crippen MR) is 192 cm³/mol. The van der Waals surface area contributed by atoms with Crippen LogP contribution in [0.15, 0.2) is 6.20 Å². The van der Waals surface area contributed by atoms with Gasteiger partial charge in [-0.05, 0) is 50.2 Å². The Labute approximate surface area is 304 Å². The molecule has 7 heterocycles. The molecule has 9 rings (SSSR count). The van der Waals surface area contributed by atoms with E-state index in [2.05, 4.69) is 25.8 Å². The molecule has 3 saturated heterocycles. The number of benzene rings is 1. The molecule has 2 unspecified atom stereocenters. The molecule has 2 bridgehead atoms. The average Bonchev–Trinajstić information content (AvgIpc) is 3.56. The largest absolute Gasteiger partial charge is 0.463 e. The van der Waals surface area contributed by atoms with E-state index in [0.29, 0.717) is 29.9 Å². The molecule has 3 N–H and O–H groups in total. The number of rotatable bonds is 9. The van der Waals surface area contributed by atoms with Crippen molar-refractivity contribution in [3.8, 4) is 23.3 Å². The van der Waals surface area contributed by atoms with Crippen LogP contribution >= 0.6 is 11.3 Å². The van der Waals surface area contributed by atoms with Gasteiger partial charge >= 0.3 is 6.01 Å². The van der Waals surface area contributed by atoms with Crippen molar-refractivity contribution in [3.63, 3.8) is 0 Å². The molecule has 274 valence electrons. The second kappa shape index (κ2) is 13.3. The number of ether oxygens (including phenoxy) is 3. The Morgan fingerprint density at radius 1 is 1.10 bits per heavy atom. The number of aliphatic hydroxyl groups excluding tert-OH is 1. The molecule has 4 aromatic rings. The molecule has 0 spiro atoms. The Morgan fingerprint density at radius 3 is 2.63 bits per heavy atom. The maximum Gasteiger partial charge on any atom is 0.319 e. The number of thiophene rings is 1. The minimum Gasteiger partial charge on any atom is -0.463 e. The van der Waals surface area contributed by atoms with Gasteiger partial charge in [-0.15, -0.1) is 11.3 Å². The van der Waals surface area contributed by atoms with E-state index >= 15 is 8.78 Å². The number of hydrogen-bond acceptors (Lipinski definition) is 13. The van der Waals surface area contributed by atoms with Crippen molar-refractivity contribution in [1.29, 1.82) is 5.26 Å². The fourth-order valence-corrected chi connectivity index (χ4v) is 9.83. The van der Waals surface area contributed by atoms with Crippen LogP contribution in [-0.4, -0.2) is 107 Å². The summed E-state index contributed by atoms with van der Waals surface area (Å²) in [4.78, 5) is 21.4. The molecule has 15 heteroatoms. The van der Waals surface area contributed by atoms with Gasteiger partial charge in [0, 0.05) is 74.3 Å². The van der Waals surface area contributed by atoms with Gasteiger partial charge in [-0.3, -0.25) is 9.88 Å². The molecule has 4 aliphatic heterocycles. The molecule has 3 aromatic heterocycles. The van der Waals surface area contributed by atoms with Crippen LogP contribution in [0.5, 0.6) is 6.01 Å². The third kappa shape index (κ3) is 5.84. The molecule has 5 aliphatic rings. The summed E-state index contributed by atoms with van der Waals surface area (Å²) < 4.78 is 50.9. The standard InChI is InChI=1S/C37H42F2N8O4S/c1-20(48)13-46-14-21-3-4-22(15-46)47(21)35-29-25-17-50-16-24(25)27(31-28-23(11-40)34(41)52-33(28)26(38)12-42-31)30(39)32(29)43-36(44-35)51-19-37(5-6-37)18-45-7-2-9-49-10-8-45/h12,20-22,48H,2-10,13-19,41H2,1H3/t20-,21?,22?/m1/s1. The highest BCUT2D eigenvalue weighted by Crippen LogP contribution is 2.49. The normalized spacial score (nSPS) is 23.6. The van der Waals surface area contributed by atoms with E-state index in [9.17, 15) is 10.4 Å². The van der Waals surface area contributed by atoms with Crippen LogP contribution in [0.2, 0.25) is 0 Å². The average molecular weight is 733 g/mol. The van der Waals surface area contributed by atoms with Crippen LogP contribution in [0.4, 0.5) is 19.6 Å². The summed E-state index contributed by atoms with van der Waals surface area (Å²) in [7, 11) is 0. The third-order valence-electron chi connectivity index (χ3n) is 11.5. The number of nitriles is 1. The topological polar surface area (TPSA) is 146 Å². The first-order valence-electron chi connectivity index (χ1n) is 18.2. The molecular weight excluding hydrogens is 691 g/mol. The molecule has 1 aromatic carbocycles. The van der Waals surface area contributed by atoms with Gasteiger partial charge in [0.2, 0.25) is 0 Å². The molecule has 0 radical (unpaired) electrons. The lowest BCUT2D eigenvalue weighted by Gasteiger charge is -2.42. The Kier molecular flexibility index (Phi) is 8.67. The summed E-state index contributed by atoms with van der Waals surface area (Å²) in [5, 5.41) is 21.1. The van der Waals surface area contributed by atoms with E-state index in [0.717, 1.165) is 101 Å². The number of nitrogens with two attached hydrogens (primary N) is 1. The van der Waals surface area contributed by atoms with Crippen molar-refractivity contribution in [3.05, 3.63) is 34.5 Å². The van der Waals surface area contributed by atoms with E-state index in [1.54, 1.807) is 6.92 Å². The van der Waals surface area contributed by atoms with Gasteiger partial charge < -0.3 is 34.9 Å². The third-order valence-corrected chi connectivity index (χ3v) is 12.5.